The number of amides is 1. The molecule has 1 unspecified atom stereocenters. The van der Waals surface area contributed by atoms with Crippen molar-refractivity contribution in [2.75, 3.05) is 26.1 Å². The van der Waals surface area contributed by atoms with E-state index < -0.39 is 4.92 Å². The molecule has 1 N–H and O–H groups in total. The Kier molecular flexibility index (Phi) is 7.40. The molecule has 2 aromatic carbocycles. The van der Waals surface area contributed by atoms with Crippen molar-refractivity contribution in [1.82, 2.24) is 0 Å². The molecule has 1 aliphatic rings. The summed E-state index contributed by atoms with van der Waals surface area (Å²) in [5, 5.41) is 13.6. The molecule has 31 heavy (non-hydrogen) atoms. The zero-order valence-corrected chi connectivity index (χ0v) is 17.4. The third kappa shape index (κ3) is 5.93. The zero-order valence-electron chi connectivity index (χ0n) is 17.4. The van der Waals surface area contributed by atoms with E-state index in [1.54, 1.807) is 19.2 Å². The van der Waals surface area contributed by atoms with Crippen LogP contribution in [0.25, 0.3) is 18.2 Å². The van der Waals surface area contributed by atoms with Gasteiger partial charge in [0.1, 0.15) is 17.6 Å². The van der Waals surface area contributed by atoms with E-state index in [1.165, 1.54) is 13.2 Å². The Balaban J connectivity index is 1.80. The van der Waals surface area contributed by atoms with Crippen LogP contribution in [0, 0.1) is 10.1 Å². The van der Waals surface area contributed by atoms with Gasteiger partial charge in [-0.3, -0.25) is 14.9 Å². The lowest BCUT2D eigenvalue weighted by Crippen LogP contribution is -2.26. The largest absolute Gasteiger partial charge is 0.497 e. The van der Waals surface area contributed by atoms with Gasteiger partial charge in [-0.1, -0.05) is 24.3 Å². The van der Waals surface area contributed by atoms with Gasteiger partial charge in [0.25, 0.3) is 5.91 Å². The Morgan fingerprint density at radius 2 is 1.94 bits per heavy atom. The van der Waals surface area contributed by atoms with Gasteiger partial charge in [0.05, 0.1) is 19.1 Å². The van der Waals surface area contributed by atoms with Crippen molar-refractivity contribution in [2.24, 2.45) is 0 Å². The molecule has 1 amide bonds. The van der Waals surface area contributed by atoms with E-state index in [9.17, 15) is 14.9 Å². The summed E-state index contributed by atoms with van der Waals surface area (Å²) in [4.78, 5) is 22.4. The summed E-state index contributed by atoms with van der Waals surface area (Å²) in [7, 11) is 3.04. The van der Waals surface area contributed by atoms with Gasteiger partial charge >= 0.3 is 0 Å². The molecule has 1 aliphatic heterocycles. The van der Waals surface area contributed by atoms with Crippen LogP contribution >= 0.6 is 0 Å². The Labute approximate surface area is 180 Å². The van der Waals surface area contributed by atoms with Crippen molar-refractivity contribution in [2.45, 2.75) is 18.9 Å². The maximum absolute atomic E-state index is 12.1. The van der Waals surface area contributed by atoms with Gasteiger partial charge in [0.15, 0.2) is 0 Å². The molecule has 0 aromatic heterocycles. The second-order valence-corrected chi connectivity index (χ2v) is 6.88. The van der Waals surface area contributed by atoms with Gasteiger partial charge in [-0.15, -0.1) is 0 Å². The number of carbonyl (C=O) groups excluding carboxylic acids is 1. The quantitative estimate of drug-likeness (QED) is 0.387. The minimum absolute atomic E-state index is 0.133. The van der Waals surface area contributed by atoms with Gasteiger partial charge in [-0.05, 0) is 42.2 Å². The number of nitro groups is 1. The Morgan fingerprint density at radius 3 is 2.55 bits per heavy atom. The van der Waals surface area contributed by atoms with Crippen molar-refractivity contribution in [3.05, 3.63) is 69.4 Å². The minimum atomic E-state index is -0.527. The minimum Gasteiger partial charge on any atom is -0.497 e. The Bertz CT molecular complexity index is 992. The molecule has 0 spiro atoms. The number of rotatable bonds is 8. The van der Waals surface area contributed by atoms with Crippen molar-refractivity contribution < 1.29 is 23.9 Å². The normalized spacial score (nSPS) is 16.0. The zero-order chi connectivity index (χ0) is 22.2. The fourth-order valence-electron chi connectivity index (χ4n) is 3.23. The fraction of sp³-hybridized carbons (Fsp3) is 0.261. The summed E-state index contributed by atoms with van der Waals surface area (Å²) < 4.78 is 16.1. The summed E-state index contributed by atoms with van der Waals surface area (Å²) in [5.41, 5.74) is 2.85. The predicted octanol–water partition coefficient (Wildman–Crippen LogP) is 4.24. The van der Waals surface area contributed by atoms with Crippen LogP contribution in [0.5, 0.6) is 11.5 Å². The number of methoxy groups -OCH3 is 2. The summed E-state index contributed by atoms with van der Waals surface area (Å²) in [6.45, 7) is 0.621. The first kappa shape index (κ1) is 22.0. The van der Waals surface area contributed by atoms with Crippen LogP contribution in [0.2, 0.25) is 0 Å². The lowest BCUT2D eigenvalue weighted by atomic mass is 10.0. The molecule has 0 radical (unpaired) electrons. The van der Waals surface area contributed by atoms with Crippen LogP contribution in [0.1, 0.15) is 29.5 Å². The van der Waals surface area contributed by atoms with Crippen LogP contribution in [0.3, 0.4) is 0 Å². The van der Waals surface area contributed by atoms with E-state index in [0.29, 0.717) is 34.9 Å². The topological polar surface area (TPSA) is 99.9 Å². The van der Waals surface area contributed by atoms with Crippen LogP contribution in [0.15, 0.2) is 42.6 Å². The highest BCUT2D eigenvalue weighted by atomic mass is 16.6. The average Bonchev–Trinajstić information content (AvgIpc) is 3.32. The number of benzene rings is 2. The van der Waals surface area contributed by atoms with Crippen LogP contribution < -0.4 is 14.8 Å². The molecule has 1 fully saturated rings. The van der Waals surface area contributed by atoms with E-state index in [0.717, 1.165) is 24.6 Å². The fourth-order valence-corrected chi connectivity index (χ4v) is 3.23. The number of nitrogens with one attached hydrogen (secondary N) is 1. The van der Waals surface area contributed by atoms with Crippen LogP contribution in [-0.4, -0.2) is 37.8 Å². The average molecular weight is 424 g/mol. The van der Waals surface area contributed by atoms with Gasteiger partial charge < -0.3 is 19.5 Å². The van der Waals surface area contributed by atoms with Crippen LogP contribution in [-0.2, 0) is 9.53 Å². The summed E-state index contributed by atoms with van der Waals surface area (Å²) in [6.07, 6.45) is 7.20. The summed E-state index contributed by atoms with van der Waals surface area (Å²) in [5.74, 6) is 0.901. The molecule has 1 atom stereocenters. The third-order valence-corrected chi connectivity index (χ3v) is 4.82. The molecule has 0 bridgehead atoms. The van der Waals surface area contributed by atoms with E-state index in [1.807, 2.05) is 36.4 Å². The van der Waals surface area contributed by atoms with E-state index in [2.05, 4.69) is 5.32 Å². The highest BCUT2D eigenvalue weighted by molar-refractivity contribution is 5.94. The Hall–Kier alpha value is -3.65. The first-order chi connectivity index (χ1) is 15.0. The summed E-state index contributed by atoms with van der Waals surface area (Å²) >= 11 is 0. The number of anilines is 1. The SMILES string of the molecule is COc1cc(/C=C/c2ccc(NC(=O)C3CCCO3)cc2)c(/C=C/[N+](=O)[O-])c(OC)c1. The van der Waals surface area contributed by atoms with Crippen molar-refractivity contribution >= 4 is 29.8 Å². The molecule has 0 aliphatic carbocycles. The number of nitrogens with zero attached hydrogens (tertiary/aromatic N) is 1. The maximum atomic E-state index is 12.1. The first-order valence-corrected chi connectivity index (χ1v) is 9.78. The van der Waals surface area contributed by atoms with E-state index in [-0.39, 0.29) is 12.0 Å². The lowest BCUT2D eigenvalue weighted by molar-refractivity contribution is -0.400. The second kappa shape index (κ2) is 10.4. The van der Waals surface area contributed by atoms with E-state index in [4.69, 9.17) is 14.2 Å². The van der Waals surface area contributed by atoms with E-state index >= 15 is 0 Å². The molecular weight excluding hydrogens is 400 g/mol. The van der Waals surface area contributed by atoms with Gasteiger partial charge in [0.2, 0.25) is 6.20 Å². The Morgan fingerprint density at radius 1 is 1.16 bits per heavy atom. The van der Waals surface area contributed by atoms with Crippen molar-refractivity contribution in [3.8, 4) is 11.5 Å². The molecule has 8 nitrogen and oxygen atoms in total. The third-order valence-electron chi connectivity index (χ3n) is 4.82. The standard InChI is InChI=1S/C23H24N2O6/c1-29-19-14-17(20(11-12-25(27)28)22(15-19)30-2)8-5-16-6-9-18(10-7-16)24-23(26)21-4-3-13-31-21/h5-12,14-15,21H,3-4,13H2,1-2H3,(H,24,26)/b8-5+,12-11+. The monoisotopic (exact) mass is 424 g/mol. The predicted molar refractivity (Wildman–Crippen MR) is 119 cm³/mol. The molecule has 8 heteroatoms. The van der Waals surface area contributed by atoms with Gasteiger partial charge in [0, 0.05) is 30.0 Å². The molecule has 3 rings (SSSR count). The molecule has 162 valence electrons. The summed E-state index contributed by atoms with van der Waals surface area (Å²) in [6, 6.07) is 10.8. The molecular formula is C23H24N2O6. The highest BCUT2D eigenvalue weighted by Gasteiger charge is 2.23. The number of carbonyl (C=O) groups is 1. The highest BCUT2D eigenvalue weighted by Crippen LogP contribution is 2.31. The number of ether oxygens (including phenoxy) is 3. The first-order valence-electron chi connectivity index (χ1n) is 9.78. The number of hydrogen-bond acceptors (Lipinski definition) is 6. The molecule has 2 aromatic rings. The smallest absolute Gasteiger partial charge is 0.253 e. The molecule has 1 heterocycles. The van der Waals surface area contributed by atoms with Crippen molar-refractivity contribution in [3.63, 3.8) is 0 Å². The molecule has 1 saturated heterocycles. The van der Waals surface area contributed by atoms with Crippen LogP contribution in [0.4, 0.5) is 5.69 Å². The second-order valence-electron chi connectivity index (χ2n) is 6.88. The van der Waals surface area contributed by atoms with Gasteiger partial charge in [-0.2, -0.15) is 0 Å². The lowest BCUT2D eigenvalue weighted by Gasteiger charge is -2.11. The van der Waals surface area contributed by atoms with Gasteiger partial charge in [-0.25, -0.2) is 0 Å². The number of hydrogen-bond donors (Lipinski definition) is 1. The maximum Gasteiger partial charge on any atom is 0.253 e. The molecule has 0 saturated carbocycles. The van der Waals surface area contributed by atoms with Crippen molar-refractivity contribution in [1.29, 1.82) is 0 Å².